The lowest BCUT2D eigenvalue weighted by atomic mass is 9.97. The predicted octanol–water partition coefficient (Wildman–Crippen LogP) is 5.88. The van der Waals surface area contributed by atoms with Crippen LogP contribution in [0.1, 0.15) is 62.7 Å². The van der Waals surface area contributed by atoms with Gasteiger partial charge in [-0.1, -0.05) is 55.3 Å². The van der Waals surface area contributed by atoms with Crippen molar-refractivity contribution in [3.05, 3.63) is 77.7 Å². The van der Waals surface area contributed by atoms with E-state index in [9.17, 15) is 14.4 Å². The molecule has 1 aliphatic heterocycles. The number of cyclic esters (lactones) is 1. The van der Waals surface area contributed by atoms with Gasteiger partial charge in [0.05, 0.1) is 19.1 Å². The fourth-order valence-electron chi connectivity index (χ4n) is 5.26. The topological polar surface area (TPSA) is 116 Å². The quantitative estimate of drug-likeness (QED) is 0.187. The Morgan fingerprint density at radius 2 is 1.81 bits per heavy atom. The van der Waals surface area contributed by atoms with Crippen LogP contribution in [0.15, 0.2) is 65.1 Å². The summed E-state index contributed by atoms with van der Waals surface area (Å²) in [5, 5.41) is 9.11. The highest BCUT2D eigenvalue weighted by molar-refractivity contribution is 5.95. The number of aliphatic hydroxyl groups is 1. The van der Waals surface area contributed by atoms with E-state index in [1.54, 1.807) is 20.1 Å². The number of nitrogens with zero attached hydrogens (tertiary/aromatic N) is 1. The smallest absolute Gasteiger partial charge is 0.416 e. The molecule has 2 heterocycles. The second kappa shape index (κ2) is 14.7. The molecule has 0 aliphatic carbocycles. The summed E-state index contributed by atoms with van der Waals surface area (Å²) in [6.07, 6.45) is 2.67. The molecule has 4 rings (SSSR count). The van der Waals surface area contributed by atoms with Gasteiger partial charge in [0, 0.05) is 25.5 Å². The van der Waals surface area contributed by atoms with E-state index < -0.39 is 36.0 Å². The number of esters is 1. The fraction of sp³-hybridized carbons (Fsp3) is 0.424. The van der Waals surface area contributed by atoms with Gasteiger partial charge in [0.1, 0.15) is 23.9 Å². The maximum Gasteiger partial charge on any atom is 0.416 e. The normalized spacial score (nSPS) is 16.1. The first-order valence-corrected chi connectivity index (χ1v) is 14.4. The molecule has 42 heavy (non-hydrogen) atoms. The molecule has 3 aromatic rings. The Balaban J connectivity index is 1.64. The summed E-state index contributed by atoms with van der Waals surface area (Å²) in [5.74, 6) is -0.312. The third-order valence-corrected chi connectivity index (χ3v) is 7.45. The van der Waals surface area contributed by atoms with Crippen molar-refractivity contribution in [2.24, 2.45) is 5.92 Å². The number of hydrogen-bond donors (Lipinski definition) is 1. The molecule has 1 fully saturated rings. The number of unbranched alkanes of at least 4 members (excludes halogenated alkanes) is 3. The van der Waals surface area contributed by atoms with Gasteiger partial charge in [-0.25, -0.2) is 9.69 Å². The molecule has 0 spiro atoms. The number of benzene rings is 2. The molecule has 0 bridgehead atoms. The van der Waals surface area contributed by atoms with Gasteiger partial charge in [0.15, 0.2) is 6.10 Å². The van der Waals surface area contributed by atoms with Crippen LogP contribution in [-0.4, -0.2) is 54.3 Å². The Bertz CT molecular complexity index is 1350. The Morgan fingerprint density at radius 3 is 2.52 bits per heavy atom. The van der Waals surface area contributed by atoms with Gasteiger partial charge in [-0.05, 0) is 55.5 Å². The first kappa shape index (κ1) is 30.8. The molecular formula is C33H39NO8. The predicted molar refractivity (Wildman–Crippen MR) is 156 cm³/mol. The number of hydrogen-bond acceptors (Lipinski definition) is 8. The third-order valence-electron chi connectivity index (χ3n) is 7.45. The molecule has 2 amide bonds. The standard InChI is InChI=1S/C33H39NO8/c1-22(32(37)34-26(21-40-33(34)38)18-24-12-7-6-8-13-24)31(41-23(2)36)30-20-28(25-14-11-15-27(19-25)39-3)29(42-30)16-9-4-5-10-17-35/h6-8,11-15,19-20,22,26,31,35H,4-5,9-10,16-18,21H2,1-3H3/t22-,26-,31-/m0/s1. The van der Waals surface area contributed by atoms with E-state index in [2.05, 4.69) is 0 Å². The Hall–Kier alpha value is -4.11. The molecule has 224 valence electrons. The lowest BCUT2D eigenvalue weighted by Crippen LogP contribution is -2.44. The highest BCUT2D eigenvalue weighted by Crippen LogP contribution is 2.38. The molecule has 2 aromatic carbocycles. The van der Waals surface area contributed by atoms with Gasteiger partial charge in [0.25, 0.3) is 0 Å². The van der Waals surface area contributed by atoms with Crippen LogP contribution in [0.3, 0.4) is 0 Å². The molecule has 1 saturated heterocycles. The van der Waals surface area contributed by atoms with E-state index in [-0.39, 0.29) is 13.2 Å². The van der Waals surface area contributed by atoms with Crippen molar-refractivity contribution in [3.8, 4) is 16.9 Å². The van der Waals surface area contributed by atoms with Crippen molar-refractivity contribution < 1.29 is 38.1 Å². The summed E-state index contributed by atoms with van der Waals surface area (Å²) in [6, 6.07) is 18.5. The lowest BCUT2D eigenvalue weighted by Gasteiger charge is -2.27. The fourth-order valence-corrected chi connectivity index (χ4v) is 5.26. The SMILES string of the molecule is COc1cccc(-c2cc([C@@H](OC(C)=O)[C@H](C)C(=O)N3C(=O)OC[C@@H]3Cc3ccccc3)oc2CCCCCCO)c1. The average Bonchev–Trinajstić information content (AvgIpc) is 3.58. The monoisotopic (exact) mass is 577 g/mol. The number of carbonyl (C=O) groups is 3. The highest BCUT2D eigenvalue weighted by atomic mass is 16.6. The maximum absolute atomic E-state index is 13.8. The minimum absolute atomic E-state index is 0.0889. The molecule has 1 aliphatic rings. The van der Waals surface area contributed by atoms with E-state index in [1.165, 1.54) is 6.92 Å². The van der Waals surface area contributed by atoms with Crippen LogP contribution in [0.2, 0.25) is 0 Å². The number of furan rings is 1. The van der Waals surface area contributed by atoms with Crippen LogP contribution in [0.4, 0.5) is 4.79 Å². The number of rotatable bonds is 14. The van der Waals surface area contributed by atoms with E-state index >= 15 is 0 Å². The van der Waals surface area contributed by atoms with E-state index in [0.29, 0.717) is 30.1 Å². The van der Waals surface area contributed by atoms with Crippen LogP contribution in [0.5, 0.6) is 5.75 Å². The van der Waals surface area contributed by atoms with Crippen molar-refractivity contribution in [1.29, 1.82) is 0 Å². The summed E-state index contributed by atoms with van der Waals surface area (Å²) >= 11 is 0. The van der Waals surface area contributed by atoms with Crippen molar-refractivity contribution >= 4 is 18.0 Å². The molecule has 0 saturated carbocycles. The summed E-state index contributed by atoms with van der Waals surface area (Å²) < 4.78 is 22.7. The molecular weight excluding hydrogens is 538 g/mol. The molecule has 1 N–H and O–H groups in total. The Labute approximate surface area is 246 Å². The number of methoxy groups -OCH3 is 1. The number of ether oxygens (including phenoxy) is 3. The summed E-state index contributed by atoms with van der Waals surface area (Å²) in [5.41, 5.74) is 2.65. The summed E-state index contributed by atoms with van der Waals surface area (Å²) in [4.78, 5) is 39.9. The summed E-state index contributed by atoms with van der Waals surface area (Å²) in [6.45, 7) is 3.15. The van der Waals surface area contributed by atoms with Crippen molar-refractivity contribution in [1.82, 2.24) is 4.90 Å². The van der Waals surface area contributed by atoms with Gasteiger partial charge in [-0.2, -0.15) is 0 Å². The van der Waals surface area contributed by atoms with E-state index in [1.807, 2.05) is 54.6 Å². The van der Waals surface area contributed by atoms with Gasteiger partial charge in [-0.3, -0.25) is 9.59 Å². The number of aryl methyl sites for hydroxylation is 1. The summed E-state index contributed by atoms with van der Waals surface area (Å²) in [7, 11) is 1.60. The molecule has 0 radical (unpaired) electrons. The van der Waals surface area contributed by atoms with Crippen molar-refractivity contribution in [2.45, 2.75) is 64.5 Å². The minimum Gasteiger partial charge on any atom is -0.497 e. The van der Waals surface area contributed by atoms with E-state index in [4.69, 9.17) is 23.7 Å². The number of imide groups is 1. The van der Waals surface area contributed by atoms with Crippen molar-refractivity contribution in [3.63, 3.8) is 0 Å². The van der Waals surface area contributed by atoms with E-state index in [0.717, 1.165) is 47.3 Å². The van der Waals surface area contributed by atoms with Crippen LogP contribution < -0.4 is 4.74 Å². The molecule has 1 aromatic heterocycles. The number of amides is 2. The largest absolute Gasteiger partial charge is 0.497 e. The van der Waals surface area contributed by atoms with Gasteiger partial charge in [-0.15, -0.1) is 0 Å². The van der Waals surface area contributed by atoms with Gasteiger partial charge in [0.2, 0.25) is 5.91 Å². The maximum atomic E-state index is 13.8. The highest BCUT2D eigenvalue weighted by Gasteiger charge is 2.43. The average molecular weight is 578 g/mol. The molecule has 3 atom stereocenters. The first-order chi connectivity index (χ1) is 20.3. The van der Waals surface area contributed by atoms with Crippen LogP contribution in [-0.2, 0) is 31.9 Å². The van der Waals surface area contributed by atoms with Crippen molar-refractivity contribution in [2.75, 3.05) is 20.3 Å². The van der Waals surface area contributed by atoms with Gasteiger partial charge < -0.3 is 23.7 Å². The Kier molecular flexibility index (Phi) is 10.8. The van der Waals surface area contributed by atoms with Crippen LogP contribution in [0.25, 0.3) is 11.1 Å². The zero-order chi connectivity index (χ0) is 30.1. The third kappa shape index (κ3) is 7.59. The Morgan fingerprint density at radius 1 is 1.05 bits per heavy atom. The zero-order valence-corrected chi connectivity index (χ0v) is 24.4. The zero-order valence-electron chi connectivity index (χ0n) is 24.4. The second-order valence-electron chi connectivity index (χ2n) is 10.6. The number of carbonyl (C=O) groups excluding carboxylic acids is 3. The number of aliphatic hydroxyl groups excluding tert-OH is 1. The van der Waals surface area contributed by atoms with Crippen LogP contribution in [0, 0.1) is 5.92 Å². The van der Waals surface area contributed by atoms with Crippen LogP contribution >= 0.6 is 0 Å². The second-order valence-corrected chi connectivity index (χ2v) is 10.6. The minimum atomic E-state index is -1.06. The first-order valence-electron chi connectivity index (χ1n) is 14.4. The van der Waals surface area contributed by atoms with Gasteiger partial charge >= 0.3 is 12.1 Å². The molecule has 9 nitrogen and oxygen atoms in total. The molecule has 9 heteroatoms. The lowest BCUT2D eigenvalue weighted by molar-refractivity contribution is -0.154. The molecule has 0 unspecified atom stereocenters.